The topological polar surface area (TPSA) is 83.8 Å². The van der Waals surface area contributed by atoms with Gasteiger partial charge >= 0.3 is 0 Å². The van der Waals surface area contributed by atoms with Crippen LogP contribution in [0.1, 0.15) is 26.6 Å². The molecule has 0 spiro atoms. The van der Waals surface area contributed by atoms with Gasteiger partial charge in [-0.2, -0.15) is 0 Å². The number of hydrogen-bond acceptors (Lipinski definition) is 3. The summed E-state index contributed by atoms with van der Waals surface area (Å²) >= 11 is 0. The number of halogens is 3. The molecule has 0 aliphatic heterocycles. The largest absolute Gasteiger partial charge is 0.354 e. The molecule has 2 aromatic rings. The molecule has 1 atom stereocenters. The molecule has 2 rings (SSSR count). The van der Waals surface area contributed by atoms with Crippen molar-refractivity contribution in [2.45, 2.75) is 33.2 Å². The number of amides is 1. The van der Waals surface area contributed by atoms with Gasteiger partial charge in [0.05, 0.1) is 17.1 Å². The maximum Gasteiger partial charge on any atom is 0.237 e. The summed E-state index contributed by atoms with van der Waals surface area (Å²) in [6.07, 6.45) is 0.541. The number of nitrogens with zero attached hydrogens (tertiary/aromatic N) is 1. The van der Waals surface area contributed by atoms with Crippen LogP contribution in [0.3, 0.4) is 0 Å². The van der Waals surface area contributed by atoms with Crippen molar-refractivity contribution in [3.63, 3.8) is 0 Å². The van der Waals surface area contributed by atoms with Crippen molar-refractivity contribution in [2.24, 2.45) is 11.1 Å². The highest BCUT2D eigenvalue weighted by Crippen LogP contribution is 2.17. The lowest BCUT2D eigenvalue weighted by Gasteiger charge is -2.25. The Morgan fingerprint density at radius 1 is 1.39 bits per heavy atom. The van der Waals surface area contributed by atoms with E-state index in [-0.39, 0.29) is 42.0 Å². The van der Waals surface area contributed by atoms with Gasteiger partial charge in [0, 0.05) is 13.0 Å². The second kappa shape index (κ2) is 8.47. The SMILES string of the molecule is CC(C)(C)[C@H](N)C(=O)NCCc1nc2ccc(F)cc2[nH]1.Cl.Cl. The molecule has 130 valence electrons. The summed E-state index contributed by atoms with van der Waals surface area (Å²) in [7, 11) is 0. The summed E-state index contributed by atoms with van der Waals surface area (Å²) in [5, 5.41) is 2.80. The molecule has 0 saturated heterocycles. The molecule has 0 fully saturated rings. The molecule has 0 radical (unpaired) electrons. The number of imidazole rings is 1. The van der Waals surface area contributed by atoms with Crippen molar-refractivity contribution < 1.29 is 9.18 Å². The van der Waals surface area contributed by atoms with E-state index in [0.29, 0.717) is 29.8 Å². The van der Waals surface area contributed by atoms with Gasteiger partial charge in [0.2, 0.25) is 5.91 Å². The number of fused-ring (bicyclic) bond motifs is 1. The van der Waals surface area contributed by atoms with E-state index < -0.39 is 6.04 Å². The fourth-order valence-electron chi connectivity index (χ4n) is 1.96. The van der Waals surface area contributed by atoms with E-state index >= 15 is 0 Å². The summed E-state index contributed by atoms with van der Waals surface area (Å²) in [5.74, 6) is 0.229. The van der Waals surface area contributed by atoms with Crippen molar-refractivity contribution in [1.29, 1.82) is 0 Å². The first-order chi connectivity index (χ1) is 9.77. The molecule has 1 aromatic carbocycles. The fraction of sp³-hybridized carbons (Fsp3) is 0.467. The van der Waals surface area contributed by atoms with Gasteiger partial charge in [-0.1, -0.05) is 20.8 Å². The highest BCUT2D eigenvalue weighted by Gasteiger charge is 2.26. The van der Waals surface area contributed by atoms with Crippen LogP contribution >= 0.6 is 24.8 Å². The average molecular weight is 365 g/mol. The smallest absolute Gasteiger partial charge is 0.237 e. The van der Waals surface area contributed by atoms with E-state index in [1.54, 1.807) is 6.07 Å². The zero-order valence-electron chi connectivity index (χ0n) is 13.4. The molecule has 1 amide bonds. The van der Waals surface area contributed by atoms with Crippen LogP contribution < -0.4 is 11.1 Å². The van der Waals surface area contributed by atoms with Gasteiger partial charge in [-0.25, -0.2) is 9.37 Å². The minimum atomic E-state index is -0.553. The maximum atomic E-state index is 13.1. The van der Waals surface area contributed by atoms with Gasteiger partial charge in [-0.05, 0) is 23.6 Å². The summed E-state index contributed by atoms with van der Waals surface area (Å²) in [6, 6.07) is 3.85. The van der Waals surface area contributed by atoms with Crippen molar-refractivity contribution >= 4 is 41.8 Å². The number of benzene rings is 1. The maximum absolute atomic E-state index is 13.1. The van der Waals surface area contributed by atoms with E-state index in [1.165, 1.54) is 12.1 Å². The van der Waals surface area contributed by atoms with E-state index in [0.717, 1.165) is 0 Å². The van der Waals surface area contributed by atoms with Crippen LogP contribution in [-0.2, 0) is 11.2 Å². The lowest BCUT2D eigenvalue weighted by atomic mass is 9.87. The molecule has 1 aromatic heterocycles. The minimum Gasteiger partial charge on any atom is -0.354 e. The minimum absolute atomic E-state index is 0. The lowest BCUT2D eigenvalue weighted by Crippen LogP contribution is -2.49. The molecule has 23 heavy (non-hydrogen) atoms. The summed E-state index contributed by atoms with van der Waals surface area (Å²) in [4.78, 5) is 19.3. The van der Waals surface area contributed by atoms with Crippen LogP contribution in [0.25, 0.3) is 11.0 Å². The van der Waals surface area contributed by atoms with Crippen LogP contribution in [0, 0.1) is 11.2 Å². The van der Waals surface area contributed by atoms with Crippen molar-refractivity contribution in [2.75, 3.05) is 6.54 Å². The fourth-order valence-corrected chi connectivity index (χ4v) is 1.96. The molecule has 0 unspecified atom stereocenters. The number of nitrogens with one attached hydrogen (secondary N) is 2. The normalized spacial score (nSPS) is 12.2. The van der Waals surface area contributed by atoms with Crippen LogP contribution in [0.2, 0.25) is 0 Å². The summed E-state index contributed by atoms with van der Waals surface area (Å²) < 4.78 is 13.1. The molecule has 0 aliphatic rings. The molecule has 5 nitrogen and oxygen atoms in total. The molecule has 0 saturated carbocycles. The number of carbonyl (C=O) groups excluding carboxylic acids is 1. The lowest BCUT2D eigenvalue weighted by molar-refractivity contribution is -0.124. The van der Waals surface area contributed by atoms with Gasteiger partial charge in [0.25, 0.3) is 0 Å². The standard InChI is InChI=1S/C15H21FN4O.2ClH/c1-15(2,3)13(17)14(21)18-7-6-12-19-10-5-4-9(16)8-11(10)20-12;;/h4-5,8,13H,6-7,17H2,1-3H3,(H,18,21)(H,19,20);2*1H/t13-;;/m1../s1. The Morgan fingerprint density at radius 3 is 2.65 bits per heavy atom. The van der Waals surface area contributed by atoms with Crippen LogP contribution in [0.15, 0.2) is 18.2 Å². The Kier molecular flexibility index (Phi) is 7.97. The molecule has 8 heteroatoms. The predicted octanol–water partition coefficient (Wildman–Crippen LogP) is 2.58. The average Bonchev–Trinajstić information content (AvgIpc) is 2.78. The number of rotatable bonds is 4. The highest BCUT2D eigenvalue weighted by atomic mass is 35.5. The molecule has 4 N–H and O–H groups in total. The van der Waals surface area contributed by atoms with Gasteiger partial charge in [0.1, 0.15) is 11.6 Å². The van der Waals surface area contributed by atoms with E-state index in [2.05, 4.69) is 15.3 Å². The van der Waals surface area contributed by atoms with Gasteiger partial charge in [-0.15, -0.1) is 24.8 Å². The first-order valence-corrected chi connectivity index (χ1v) is 6.95. The van der Waals surface area contributed by atoms with E-state index in [1.807, 2.05) is 20.8 Å². The zero-order valence-corrected chi connectivity index (χ0v) is 15.0. The van der Waals surface area contributed by atoms with Crippen LogP contribution in [-0.4, -0.2) is 28.5 Å². The third-order valence-corrected chi connectivity index (χ3v) is 3.37. The number of aromatic amines is 1. The van der Waals surface area contributed by atoms with E-state index in [9.17, 15) is 9.18 Å². The molecule has 1 heterocycles. The summed E-state index contributed by atoms with van der Waals surface area (Å²) in [5.41, 5.74) is 6.97. The number of aromatic nitrogens is 2. The highest BCUT2D eigenvalue weighted by molar-refractivity contribution is 5.85. The third-order valence-electron chi connectivity index (χ3n) is 3.37. The van der Waals surface area contributed by atoms with Crippen LogP contribution in [0.5, 0.6) is 0 Å². The van der Waals surface area contributed by atoms with Crippen molar-refractivity contribution in [3.05, 3.63) is 29.8 Å². The molecule has 0 bridgehead atoms. The zero-order chi connectivity index (χ0) is 15.6. The number of carbonyl (C=O) groups is 1. The van der Waals surface area contributed by atoms with Gasteiger partial charge < -0.3 is 16.0 Å². The summed E-state index contributed by atoms with van der Waals surface area (Å²) in [6.45, 7) is 6.20. The van der Waals surface area contributed by atoms with Crippen molar-refractivity contribution in [3.8, 4) is 0 Å². The first kappa shape index (κ1) is 21.6. The Hall–Kier alpha value is -1.37. The predicted molar refractivity (Wildman–Crippen MR) is 94.7 cm³/mol. The second-order valence-electron chi connectivity index (χ2n) is 6.23. The van der Waals surface area contributed by atoms with Gasteiger partial charge in [-0.3, -0.25) is 4.79 Å². The molecular weight excluding hydrogens is 342 g/mol. The molecule has 0 aliphatic carbocycles. The van der Waals surface area contributed by atoms with Gasteiger partial charge in [0.15, 0.2) is 0 Å². The Balaban J connectivity index is 0.00000242. The second-order valence-corrected chi connectivity index (χ2v) is 6.23. The number of nitrogens with two attached hydrogens (primary N) is 1. The number of H-pyrrole nitrogens is 1. The molecular formula is C15H23Cl2FN4O. The van der Waals surface area contributed by atoms with Crippen LogP contribution in [0.4, 0.5) is 4.39 Å². The van der Waals surface area contributed by atoms with Crippen molar-refractivity contribution in [1.82, 2.24) is 15.3 Å². The van der Waals surface area contributed by atoms with E-state index in [4.69, 9.17) is 5.73 Å². The third kappa shape index (κ3) is 5.64. The quantitative estimate of drug-likeness (QED) is 0.779. The number of hydrogen-bond donors (Lipinski definition) is 3. The Bertz CT molecular complexity index is 654. The Labute approximate surface area is 147 Å². The monoisotopic (exact) mass is 364 g/mol. The Morgan fingerprint density at radius 2 is 2.04 bits per heavy atom. The first-order valence-electron chi connectivity index (χ1n) is 6.95.